The number of nitrogens with zero attached hydrogens (tertiary/aromatic N) is 2. The average molecular weight is 425 g/mol. The molecule has 0 aliphatic carbocycles. The molecule has 4 rings (SSSR count). The van der Waals surface area contributed by atoms with Crippen LogP contribution in [0, 0.1) is 11.8 Å². The second-order valence-corrected chi connectivity index (χ2v) is 9.43. The molecule has 0 spiro atoms. The first-order chi connectivity index (χ1) is 14.5. The number of hydrogen-bond acceptors (Lipinski definition) is 5. The van der Waals surface area contributed by atoms with Crippen molar-refractivity contribution < 1.29 is 14.3 Å². The standard InChI is InChI=1S/C24H28N2O3S/c1-17-13-18(2)15-25(14-17)23(27)16-29-24(28)11-12-26-19-7-3-5-9-21(19)30-22-10-6-4-8-20(22)26/h3-10,17-18H,11-16H2,1-2H3/t17-,18+. The molecule has 0 aromatic heterocycles. The van der Waals surface area contributed by atoms with Gasteiger partial charge in [0.25, 0.3) is 5.91 Å². The number of fused-ring (bicyclic) bond motifs is 2. The van der Waals surface area contributed by atoms with Crippen molar-refractivity contribution >= 4 is 35.0 Å². The number of amides is 1. The number of carbonyl (C=O) groups is 2. The minimum Gasteiger partial charge on any atom is -0.456 e. The molecule has 0 unspecified atom stereocenters. The van der Waals surface area contributed by atoms with E-state index in [9.17, 15) is 9.59 Å². The Bertz CT molecular complexity index is 877. The van der Waals surface area contributed by atoms with Crippen LogP contribution in [0.5, 0.6) is 0 Å². The van der Waals surface area contributed by atoms with Gasteiger partial charge >= 0.3 is 5.97 Å². The molecule has 2 aliphatic rings. The van der Waals surface area contributed by atoms with E-state index in [2.05, 4.69) is 43.0 Å². The second-order valence-electron chi connectivity index (χ2n) is 8.34. The van der Waals surface area contributed by atoms with Crippen molar-refractivity contribution in [2.24, 2.45) is 11.8 Å². The van der Waals surface area contributed by atoms with E-state index >= 15 is 0 Å². The third-order valence-electron chi connectivity index (χ3n) is 5.65. The van der Waals surface area contributed by atoms with Crippen molar-refractivity contribution in [3.63, 3.8) is 0 Å². The van der Waals surface area contributed by atoms with E-state index in [1.54, 1.807) is 11.8 Å². The second kappa shape index (κ2) is 9.13. The number of rotatable bonds is 5. The molecule has 2 aliphatic heterocycles. The van der Waals surface area contributed by atoms with Crippen LogP contribution in [0.25, 0.3) is 0 Å². The molecule has 1 amide bonds. The van der Waals surface area contributed by atoms with Gasteiger partial charge < -0.3 is 14.5 Å². The predicted octanol–water partition coefficient (Wildman–Crippen LogP) is 4.73. The summed E-state index contributed by atoms with van der Waals surface area (Å²) in [5.41, 5.74) is 2.20. The predicted molar refractivity (Wildman–Crippen MR) is 119 cm³/mol. The minimum absolute atomic E-state index is 0.0909. The Hall–Kier alpha value is -2.47. The number of carbonyl (C=O) groups excluding carboxylic acids is 2. The summed E-state index contributed by atoms with van der Waals surface area (Å²) in [6, 6.07) is 16.4. The van der Waals surface area contributed by atoms with Crippen LogP contribution in [0.15, 0.2) is 58.3 Å². The lowest BCUT2D eigenvalue weighted by molar-refractivity contribution is -0.153. The molecule has 1 saturated heterocycles. The van der Waals surface area contributed by atoms with Crippen LogP contribution in [0.3, 0.4) is 0 Å². The van der Waals surface area contributed by atoms with Gasteiger partial charge in [0, 0.05) is 29.4 Å². The number of ether oxygens (including phenoxy) is 1. The van der Waals surface area contributed by atoms with E-state index in [-0.39, 0.29) is 24.9 Å². The number of para-hydroxylation sites is 2. The molecule has 2 atom stereocenters. The first-order valence-corrected chi connectivity index (χ1v) is 11.4. The van der Waals surface area contributed by atoms with E-state index in [4.69, 9.17) is 4.74 Å². The molecule has 0 saturated carbocycles. The summed E-state index contributed by atoms with van der Waals surface area (Å²) in [5.74, 6) is 0.553. The summed E-state index contributed by atoms with van der Waals surface area (Å²) in [5, 5.41) is 0. The molecule has 6 heteroatoms. The van der Waals surface area contributed by atoms with E-state index in [0.29, 0.717) is 18.4 Å². The Morgan fingerprint density at radius 2 is 1.53 bits per heavy atom. The highest BCUT2D eigenvalue weighted by atomic mass is 32.2. The van der Waals surface area contributed by atoms with Gasteiger partial charge in [0.2, 0.25) is 0 Å². The van der Waals surface area contributed by atoms with Crippen LogP contribution in [0.1, 0.15) is 26.7 Å². The van der Waals surface area contributed by atoms with Gasteiger partial charge in [-0.1, -0.05) is 49.9 Å². The molecule has 2 aromatic rings. The van der Waals surface area contributed by atoms with Crippen LogP contribution >= 0.6 is 11.8 Å². The molecule has 30 heavy (non-hydrogen) atoms. The summed E-state index contributed by atoms with van der Waals surface area (Å²) in [7, 11) is 0. The molecule has 1 fully saturated rings. The fraction of sp³-hybridized carbons (Fsp3) is 0.417. The molecule has 0 N–H and O–H groups in total. The Balaban J connectivity index is 1.35. The Labute approximate surface area is 182 Å². The van der Waals surface area contributed by atoms with Gasteiger partial charge in [0.05, 0.1) is 17.8 Å². The average Bonchev–Trinajstić information content (AvgIpc) is 2.74. The van der Waals surface area contributed by atoms with Crippen LogP contribution in [-0.4, -0.2) is 43.0 Å². The highest BCUT2D eigenvalue weighted by Gasteiger charge is 2.27. The highest BCUT2D eigenvalue weighted by molar-refractivity contribution is 7.99. The Morgan fingerprint density at radius 1 is 0.967 bits per heavy atom. The van der Waals surface area contributed by atoms with Gasteiger partial charge in [0.1, 0.15) is 0 Å². The maximum atomic E-state index is 12.5. The summed E-state index contributed by atoms with van der Waals surface area (Å²) in [6.45, 7) is 6.17. The van der Waals surface area contributed by atoms with Crippen molar-refractivity contribution in [2.75, 3.05) is 31.1 Å². The largest absolute Gasteiger partial charge is 0.456 e. The van der Waals surface area contributed by atoms with Gasteiger partial charge in [-0.05, 0) is 42.5 Å². The number of benzene rings is 2. The maximum absolute atomic E-state index is 12.5. The van der Waals surface area contributed by atoms with Crippen LogP contribution in [0.4, 0.5) is 11.4 Å². The first-order valence-electron chi connectivity index (χ1n) is 10.6. The summed E-state index contributed by atoms with van der Waals surface area (Å²) in [4.78, 5) is 31.2. The van der Waals surface area contributed by atoms with Crippen molar-refractivity contribution in [3.05, 3.63) is 48.5 Å². The lowest BCUT2D eigenvalue weighted by Gasteiger charge is -2.34. The number of anilines is 2. The quantitative estimate of drug-likeness (QED) is 0.650. The zero-order valence-electron chi connectivity index (χ0n) is 17.5. The SMILES string of the molecule is C[C@@H]1C[C@H](C)CN(C(=O)COC(=O)CCN2c3ccccc3Sc3ccccc32)C1. The van der Waals surface area contributed by atoms with Crippen molar-refractivity contribution in [2.45, 2.75) is 36.5 Å². The molecule has 0 bridgehead atoms. The molecule has 0 radical (unpaired) electrons. The van der Waals surface area contributed by atoms with Crippen molar-refractivity contribution in [1.82, 2.24) is 4.90 Å². The fourth-order valence-electron chi connectivity index (χ4n) is 4.40. The first kappa shape index (κ1) is 20.8. The molecular formula is C24H28N2O3S. The van der Waals surface area contributed by atoms with Crippen LogP contribution in [-0.2, 0) is 14.3 Å². The molecular weight excluding hydrogens is 396 g/mol. The molecule has 2 heterocycles. The van der Waals surface area contributed by atoms with Crippen molar-refractivity contribution in [3.8, 4) is 0 Å². The summed E-state index contributed by atoms with van der Waals surface area (Å²) >= 11 is 1.74. The van der Waals surface area contributed by atoms with Gasteiger partial charge in [-0.3, -0.25) is 9.59 Å². The topological polar surface area (TPSA) is 49.9 Å². The summed E-state index contributed by atoms with van der Waals surface area (Å²) < 4.78 is 5.33. The Kier molecular flexibility index (Phi) is 6.32. The van der Waals surface area contributed by atoms with E-state index in [0.717, 1.165) is 30.9 Å². The monoisotopic (exact) mass is 424 g/mol. The Morgan fingerprint density at radius 3 is 2.13 bits per heavy atom. The summed E-state index contributed by atoms with van der Waals surface area (Å²) in [6.07, 6.45) is 1.37. The van der Waals surface area contributed by atoms with Crippen LogP contribution in [0.2, 0.25) is 0 Å². The van der Waals surface area contributed by atoms with E-state index in [1.807, 2.05) is 29.2 Å². The lowest BCUT2D eigenvalue weighted by atomic mass is 9.92. The van der Waals surface area contributed by atoms with Gasteiger partial charge in [-0.15, -0.1) is 0 Å². The molecule has 158 valence electrons. The van der Waals surface area contributed by atoms with Gasteiger partial charge in [-0.25, -0.2) is 0 Å². The number of hydrogen-bond donors (Lipinski definition) is 0. The molecule has 5 nitrogen and oxygen atoms in total. The zero-order chi connectivity index (χ0) is 21.1. The third-order valence-corrected chi connectivity index (χ3v) is 6.78. The zero-order valence-corrected chi connectivity index (χ0v) is 18.4. The molecule has 2 aromatic carbocycles. The van der Waals surface area contributed by atoms with Gasteiger partial charge in [-0.2, -0.15) is 0 Å². The fourth-order valence-corrected chi connectivity index (χ4v) is 5.49. The number of likely N-dealkylation sites (tertiary alicyclic amines) is 1. The maximum Gasteiger partial charge on any atom is 0.308 e. The smallest absolute Gasteiger partial charge is 0.308 e. The van der Waals surface area contributed by atoms with Crippen LogP contribution < -0.4 is 4.90 Å². The minimum atomic E-state index is -0.338. The van der Waals surface area contributed by atoms with E-state index in [1.165, 1.54) is 9.79 Å². The third kappa shape index (κ3) is 4.64. The number of piperidine rings is 1. The lowest BCUT2D eigenvalue weighted by Crippen LogP contribution is -2.44. The normalized spacial score (nSPS) is 20.3. The highest BCUT2D eigenvalue weighted by Crippen LogP contribution is 2.47. The van der Waals surface area contributed by atoms with Crippen molar-refractivity contribution in [1.29, 1.82) is 0 Å². The van der Waals surface area contributed by atoms with Gasteiger partial charge in [0.15, 0.2) is 6.61 Å². The number of esters is 1. The van der Waals surface area contributed by atoms with E-state index < -0.39 is 0 Å².